The number of ketones is 1. The normalized spacial score (nSPS) is 20.5. The summed E-state index contributed by atoms with van der Waals surface area (Å²) in [5, 5.41) is 10.8. The van der Waals surface area contributed by atoms with Crippen LogP contribution in [0.2, 0.25) is 0 Å². The Bertz CT molecular complexity index is 1140. The van der Waals surface area contributed by atoms with E-state index in [0.29, 0.717) is 23.4 Å². The first-order valence-electron chi connectivity index (χ1n) is 10.2. The molecule has 162 valence electrons. The second-order valence-corrected chi connectivity index (χ2v) is 10.0. The maximum Gasteiger partial charge on any atom is 0.255 e. The van der Waals surface area contributed by atoms with Crippen molar-refractivity contribution in [2.24, 2.45) is 12.5 Å². The zero-order valence-electron chi connectivity index (χ0n) is 18.3. The quantitative estimate of drug-likeness (QED) is 0.684. The first-order chi connectivity index (χ1) is 14.6. The minimum atomic E-state index is -0.469. The largest absolute Gasteiger partial charge is 0.362 e. The molecule has 0 spiro atoms. The van der Waals surface area contributed by atoms with E-state index in [1.165, 1.54) is 0 Å². The number of carbonyl (C=O) groups is 2. The third-order valence-electron chi connectivity index (χ3n) is 5.82. The molecule has 0 aromatic carbocycles. The highest BCUT2D eigenvalue weighted by molar-refractivity contribution is 9.10. The Labute approximate surface area is 190 Å². The molecule has 2 aromatic heterocycles. The van der Waals surface area contributed by atoms with E-state index in [9.17, 15) is 9.59 Å². The second kappa shape index (κ2) is 7.75. The number of Topliss-reactive ketones (excluding diaryl/α,β-unsaturated/α-hetero) is 1. The van der Waals surface area contributed by atoms with Gasteiger partial charge in [0.05, 0.1) is 5.69 Å². The number of nitrogens with zero attached hydrogens (tertiary/aromatic N) is 3. The van der Waals surface area contributed by atoms with Crippen LogP contribution in [0, 0.1) is 12.3 Å². The van der Waals surface area contributed by atoms with Crippen LogP contribution in [0.15, 0.2) is 51.5 Å². The van der Waals surface area contributed by atoms with Crippen molar-refractivity contribution < 1.29 is 9.59 Å². The Kier molecular flexibility index (Phi) is 5.37. The fourth-order valence-electron chi connectivity index (χ4n) is 4.58. The predicted molar refractivity (Wildman–Crippen MR) is 122 cm³/mol. The molecule has 3 heterocycles. The van der Waals surface area contributed by atoms with Crippen LogP contribution < -0.4 is 10.6 Å². The lowest BCUT2D eigenvalue weighted by molar-refractivity contribution is -0.118. The average molecular weight is 484 g/mol. The van der Waals surface area contributed by atoms with Crippen LogP contribution in [0.5, 0.6) is 0 Å². The predicted octanol–water partition coefficient (Wildman–Crippen LogP) is 4.13. The van der Waals surface area contributed by atoms with Gasteiger partial charge < -0.3 is 10.6 Å². The Morgan fingerprint density at radius 1 is 1.29 bits per heavy atom. The van der Waals surface area contributed by atoms with Crippen molar-refractivity contribution in [2.75, 3.05) is 5.32 Å². The molecule has 2 aliphatic rings. The zero-order valence-corrected chi connectivity index (χ0v) is 19.9. The molecule has 1 amide bonds. The van der Waals surface area contributed by atoms with Gasteiger partial charge in [-0.05, 0) is 53.7 Å². The minimum absolute atomic E-state index is 0.0755. The highest BCUT2D eigenvalue weighted by Crippen LogP contribution is 2.47. The van der Waals surface area contributed by atoms with Crippen LogP contribution in [0.1, 0.15) is 50.8 Å². The Balaban J connectivity index is 1.81. The number of pyridine rings is 1. The van der Waals surface area contributed by atoms with Gasteiger partial charge in [0.25, 0.3) is 5.91 Å². The lowest BCUT2D eigenvalue weighted by Gasteiger charge is -2.39. The smallest absolute Gasteiger partial charge is 0.255 e. The van der Waals surface area contributed by atoms with E-state index < -0.39 is 5.92 Å². The highest BCUT2D eigenvalue weighted by Gasteiger charge is 2.43. The highest BCUT2D eigenvalue weighted by atomic mass is 79.9. The van der Waals surface area contributed by atoms with Crippen molar-refractivity contribution >= 4 is 33.4 Å². The molecule has 0 saturated carbocycles. The van der Waals surface area contributed by atoms with Gasteiger partial charge >= 0.3 is 0 Å². The van der Waals surface area contributed by atoms with Crippen LogP contribution in [0.3, 0.4) is 0 Å². The molecule has 1 aliphatic heterocycles. The molecule has 4 rings (SSSR count). The number of rotatable bonds is 3. The third-order valence-corrected chi connectivity index (χ3v) is 6.28. The van der Waals surface area contributed by atoms with E-state index in [2.05, 4.69) is 50.5 Å². The summed E-state index contributed by atoms with van der Waals surface area (Å²) in [7, 11) is 1.85. The molecule has 1 unspecified atom stereocenters. The minimum Gasteiger partial charge on any atom is -0.362 e. The van der Waals surface area contributed by atoms with Gasteiger partial charge in [0.2, 0.25) is 0 Å². The first-order valence-corrected chi connectivity index (χ1v) is 11.0. The van der Waals surface area contributed by atoms with Gasteiger partial charge in [-0.25, -0.2) is 4.98 Å². The van der Waals surface area contributed by atoms with E-state index in [0.717, 1.165) is 33.5 Å². The number of carbonyl (C=O) groups excluding carboxylic acids is 2. The molecule has 31 heavy (non-hydrogen) atoms. The molecule has 2 aromatic rings. The molecule has 7 nitrogen and oxygen atoms in total. The molecule has 0 saturated heterocycles. The van der Waals surface area contributed by atoms with Crippen molar-refractivity contribution in [2.45, 2.75) is 46.5 Å². The topological polar surface area (TPSA) is 88.9 Å². The number of nitrogens with one attached hydrogen (secondary N) is 2. The Morgan fingerprint density at radius 3 is 2.65 bits per heavy atom. The van der Waals surface area contributed by atoms with Crippen molar-refractivity contribution in [3.63, 3.8) is 0 Å². The molecule has 0 bridgehead atoms. The van der Waals surface area contributed by atoms with Crippen molar-refractivity contribution in [3.8, 4) is 0 Å². The summed E-state index contributed by atoms with van der Waals surface area (Å²) >= 11 is 3.35. The van der Waals surface area contributed by atoms with Gasteiger partial charge in [-0.1, -0.05) is 13.8 Å². The third kappa shape index (κ3) is 4.08. The number of dihydropyridines is 1. The van der Waals surface area contributed by atoms with E-state index in [-0.39, 0.29) is 17.1 Å². The van der Waals surface area contributed by atoms with Crippen LogP contribution in [-0.4, -0.2) is 26.5 Å². The molecular formula is C23H26BrN5O2. The van der Waals surface area contributed by atoms with Crippen molar-refractivity contribution in [1.82, 2.24) is 20.1 Å². The van der Waals surface area contributed by atoms with E-state index >= 15 is 0 Å². The number of hydrogen-bond donors (Lipinski definition) is 2. The average Bonchev–Trinajstić information content (AvgIpc) is 2.99. The maximum atomic E-state index is 13.5. The molecule has 0 radical (unpaired) electrons. The van der Waals surface area contributed by atoms with Crippen LogP contribution >= 0.6 is 15.9 Å². The Hall–Kier alpha value is -2.74. The SMILES string of the molecule is CC1=C(C(=O)Nc2ccc(Br)cn2)C(c2cn(C)nc2C)C2=C(CC(C)(C)CC2=O)N1. The lowest BCUT2D eigenvalue weighted by Crippen LogP contribution is -2.39. The monoisotopic (exact) mass is 483 g/mol. The summed E-state index contributed by atoms with van der Waals surface area (Å²) in [5.74, 6) is -0.223. The van der Waals surface area contributed by atoms with Crippen LogP contribution in [-0.2, 0) is 16.6 Å². The van der Waals surface area contributed by atoms with E-state index in [1.807, 2.05) is 33.2 Å². The van der Waals surface area contributed by atoms with Gasteiger partial charge in [0.15, 0.2) is 5.78 Å². The molecule has 2 N–H and O–H groups in total. The summed E-state index contributed by atoms with van der Waals surface area (Å²) < 4.78 is 2.56. The van der Waals surface area contributed by atoms with Crippen molar-refractivity contribution in [3.05, 3.63) is 62.8 Å². The van der Waals surface area contributed by atoms with E-state index in [1.54, 1.807) is 16.9 Å². The van der Waals surface area contributed by atoms with E-state index in [4.69, 9.17) is 0 Å². The van der Waals surface area contributed by atoms with Crippen LogP contribution in [0.25, 0.3) is 0 Å². The fourth-order valence-corrected chi connectivity index (χ4v) is 4.82. The van der Waals surface area contributed by atoms with Gasteiger partial charge in [0.1, 0.15) is 5.82 Å². The maximum absolute atomic E-state index is 13.5. The number of anilines is 1. The first kappa shape index (κ1) is 21.5. The fraction of sp³-hybridized carbons (Fsp3) is 0.391. The van der Waals surface area contributed by atoms with Gasteiger partial charge in [0, 0.05) is 64.4 Å². The number of hydrogen-bond acceptors (Lipinski definition) is 5. The number of halogens is 1. The molecule has 1 atom stereocenters. The van der Waals surface area contributed by atoms with Crippen molar-refractivity contribution in [1.29, 1.82) is 0 Å². The summed E-state index contributed by atoms with van der Waals surface area (Å²) in [6, 6.07) is 3.55. The van der Waals surface area contributed by atoms with Crippen LogP contribution in [0.4, 0.5) is 5.82 Å². The number of aryl methyl sites for hydroxylation is 2. The summed E-state index contributed by atoms with van der Waals surface area (Å²) in [5.41, 5.74) is 4.40. The Morgan fingerprint density at radius 2 is 2.03 bits per heavy atom. The lowest BCUT2D eigenvalue weighted by atomic mass is 9.68. The van der Waals surface area contributed by atoms with Gasteiger partial charge in [-0.2, -0.15) is 5.10 Å². The van der Waals surface area contributed by atoms with Gasteiger partial charge in [-0.15, -0.1) is 0 Å². The number of amides is 1. The summed E-state index contributed by atoms with van der Waals surface area (Å²) in [6.45, 7) is 8.00. The summed E-state index contributed by atoms with van der Waals surface area (Å²) in [4.78, 5) is 31.0. The second-order valence-electron chi connectivity index (χ2n) is 9.09. The molecule has 8 heteroatoms. The molecule has 1 aliphatic carbocycles. The van der Waals surface area contributed by atoms with Gasteiger partial charge in [-0.3, -0.25) is 14.3 Å². The molecule has 0 fully saturated rings. The standard InChI is InChI=1S/C23H26BrN5O2/c1-12-15(11-29(5)28-12)20-19(22(31)27-18-7-6-14(24)10-25-18)13(2)26-16-8-23(3,4)9-17(30)21(16)20/h6-7,10-11,20,26H,8-9H2,1-5H3,(H,25,27,31). The zero-order chi connectivity index (χ0) is 22.5. The summed E-state index contributed by atoms with van der Waals surface area (Å²) in [6.07, 6.45) is 4.74. The number of allylic oxidation sites excluding steroid dienone is 3. The molecular weight excluding hydrogens is 458 g/mol. The number of aromatic nitrogens is 3.